The van der Waals surface area contributed by atoms with Crippen LogP contribution in [0.15, 0.2) is 0 Å². The second kappa shape index (κ2) is 33.5. The molecular weight excluding hydrogens is 623 g/mol. The number of phosphoric ester groups is 1. The molecule has 0 spiro atoms. The summed E-state index contributed by atoms with van der Waals surface area (Å²) in [7, 11) is -4.60. The Kier molecular flexibility index (Phi) is 32.7. The molecule has 0 aliphatic heterocycles. The topological polar surface area (TPSA) is 149 Å². The molecule has 0 aliphatic carbocycles. The molecule has 3 unspecified atom stereocenters. The monoisotopic (exact) mass is 694 g/mol. The zero-order valence-corrected chi connectivity index (χ0v) is 30.9. The summed E-state index contributed by atoms with van der Waals surface area (Å²) in [4.78, 5) is 34.7. The van der Waals surface area contributed by atoms with Crippen LogP contribution in [-0.4, -0.2) is 65.7 Å². The van der Waals surface area contributed by atoms with E-state index in [2.05, 4.69) is 18.4 Å². The summed E-state index contributed by atoms with van der Waals surface area (Å²) < 4.78 is 32.5. The highest BCUT2D eigenvalue weighted by molar-refractivity contribution is 7.47. The lowest BCUT2D eigenvalue weighted by Gasteiger charge is -2.20. The van der Waals surface area contributed by atoms with Crippen LogP contribution in [0.25, 0.3) is 0 Å². The van der Waals surface area contributed by atoms with Crippen molar-refractivity contribution < 1.29 is 47.8 Å². The van der Waals surface area contributed by atoms with Gasteiger partial charge < -0.3 is 24.6 Å². The van der Waals surface area contributed by atoms with Crippen molar-refractivity contribution in [2.45, 2.75) is 193 Å². The first kappa shape index (κ1) is 46.0. The van der Waals surface area contributed by atoms with Crippen LogP contribution in [-0.2, 0) is 32.7 Å². The minimum atomic E-state index is -4.60. The van der Waals surface area contributed by atoms with Gasteiger partial charge in [-0.2, -0.15) is 0 Å². The largest absolute Gasteiger partial charge is 0.472 e. The maximum absolute atomic E-state index is 12.5. The Hall–Kier alpha value is -1.03. The second-order valence-corrected chi connectivity index (χ2v) is 14.4. The van der Waals surface area contributed by atoms with Crippen LogP contribution < -0.4 is 0 Å². The van der Waals surface area contributed by atoms with Gasteiger partial charge in [0, 0.05) is 12.8 Å². The number of esters is 2. The van der Waals surface area contributed by atoms with Crippen molar-refractivity contribution >= 4 is 19.8 Å². The zero-order valence-electron chi connectivity index (χ0n) is 30.0. The molecule has 0 aromatic carbocycles. The van der Waals surface area contributed by atoms with E-state index in [1.807, 2.05) is 0 Å². The predicted molar refractivity (Wildman–Crippen MR) is 187 cm³/mol. The summed E-state index contributed by atoms with van der Waals surface area (Å²) in [6.45, 7) is 2.37. The predicted octanol–water partition coefficient (Wildman–Crippen LogP) is 9.11. The van der Waals surface area contributed by atoms with Crippen LogP contribution in [0.1, 0.15) is 181 Å². The maximum atomic E-state index is 12.5. The van der Waals surface area contributed by atoms with E-state index in [-0.39, 0.29) is 19.4 Å². The fourth-order valence-electron chi connectivity index (χ4n) is 5.29. The van der Waals surface area contributed by atoms with E-state index in [0.717, 1.165) is 38.5 Å². The van der Waals surface area contributed by atoms with Gasteiger partial charge in [-0.1, -0.05) is 155 Å². The summed E-state index contributed by atoms with van der Waals surface area (Å²) in [5.41, 5.74) is 0. The third-order valence-electron chi connectivity index (χ3n) is 8.26. The van der Waals surface area contributed by atoms with Crippen molar-refractivity contribution in [1.29, 1.82) is 0 Å². The van der Waals surface area contributed by atoms with Gasteiger partial charge in [-0.05, 0) is 12.8 Å². The number of ether oxygens (including phenoxy) is 2. The fourth-order valence-corrected chi connectivity index (χ4v) is 6.08. The first-order valence-electron chi connectivity index (χ1n) is 19.0. The number of rotatable bonds is 36. The Morgan fingerprint density at radius 1 is 0.553 bits per heavy atom. The molecule has 280 valence electrons. The Balaban J connectivity index is 4.34. The second-order valence-electron chi connectivity index (χ2n) is 13.0. The smallest absolute Gasteiger partial charge is 0.462 e. The Bertz CT molecular complexity index is 766. The van der Waals surface area contributed by atoms with Gasteiger partial charge in [0.15, 0.2) is 6.10 Å². The Morgan fingerprint density at radius 2 is 0.915 bits per heavy atom. The molecule has 47 heavy (non-hydrogen) atoms. The number of unbranched alkanes of at least 4 members (excludes halogenated alkanes) is 22. The van der Waals surface area contributed by atoms with Crippen molar-refractivity contribution in [2.24, 2.45) is 0 Å². The number of carbonyl (C=O) groups excluding carboxylic acids is 2. The van der Waals surface area contributed by atoms with Crippen LogP contribution in [0.3, 0.4) is 0 Å². The summed E-state index contributed by atoms with van der Waals surface area (Å²) in [6.07, 6.45) is 26.4. The molecule has 0 saturated heterocycles. The van der Waals surface area contributed by atoms with Crippen molar-refractivity contribution in [3.8, 4) is 0 Å². The van der Waals surface area contributed by atoms with Crippen LogP contribution >= 0.6 is 7.82 Å². The van der Waals surface area contributed by atoms with Crippen LogP contribution in [0.5, 0.6) is 0 Å². The van der Waals surface area contributed by atoms with E-state index in [0.29, 0.717) is 12.8 Å². The van der Waals surface area contributed by atoms with Crippen LogP contribution in [0, 0.1) is 0 Å². The SMILES string of the molecule is CCCCCCCCCCCCCCCC(=O)OCC(COP(=O)(O)OCC(O)CO)OC(=O)CCCCCCCCCCCCC. The number of hydrogen-bond donors (Lipinski definition) is 3. The van der Waals surface area contributed by atoms with Gasteiger partial charge in [0.05, 0.1) is 19.8 Å². The molecule has 10 nitrogen and oxygen atoms in total. The lowest BCUT2D eigenvalue weighted by molar-refractivity contribution is -0.161. The molecule has 0 fully saturated rings. The molecule has 0 amide bonds. The Morgan fingerprint density at radius 3 is 1.32 bits per heavy atom. The van der Waals surface area contributed by atoms with Gasteiger partial charge in [-0.25, -0.2) is 4.57 Å². The van der Waals surface area contributed by atoms with E-state index < -0.39 is 51.8 Å². The van der Waals surface area contributed by atoms with Gasteiger partial charge in [0.2, 0.25) is 0 Å². The molecule has 11 heteroatoms. The van der Waals surface area contributed by atoms with Gasteiger partial charge in [-0.3, -0.25) is 18.6 Å². The molecule has 3 N–H and O–H groups in total. The molecular formula is C36H71O10P. The van der Waals surface area contributed by atoms with E-state index >= 15 is 0 Å². The minimum Gasteiger partial charge on any atom is -0.462 e. The summed E-state index contributed by atoms with van der Waals surface area (Å²) in [6, 6.07) is 0. The van der Waals surface area contributed by atoms with Crippen molar-refractivity contribution in [3.63, 3.8) is 0 Å². The van der Waals surface area contributed by atoms with Gasteiger partial charge in [0.1, 0.15) is 12.7 Å². The lowest BCUT2D eigenvalue weighted by atomic mass is 10.0. The van der Waals surface area contributed by atoms with Crippen molar-refractivity contribution in [2.75, 3.05) is 26.4 Å². The summed E-state index contributed by atoms with van der Waals surface area (Å²) in [5, 5.41) is 18.2. The van der Waals surface area contributed by atoms with Crippen molar-refractivity contribution in [3.05, 3.63) is 0 Å². The van der Waals surface area contributed by atoms with Gasteiger partial charge in [0.25, 0.3) is 0 Å². The molecule has 0 heterocycles. The van der Waals surface area contributed by atoms with E-state index in [1.54, 1.807) is 0 Å². The standard InChI is InChI=1S/C36H71O10P/c1-3-5-7-9-11-13-15-16-18-19-21-23-25-27-35(39)43-31-34(32-45-47(41,42)44-30-33(38)29-37)46-36(40)28-26-24-22-20-17-14-12-10-8-6-4-2/h33-34,37-38H,3-32H2,1-2H3,(H,41,42). The maximum Gasteiger partial charge on any atom is 0.472 e. The summed E-state index contributed by atoms with van der Waals surface area (Å²) in [5.74, 6) is -0.916. The van der Waals surface area contributed by atoms with Crippen molar-refractivity contribution in [1.82, 2.24) is 0 Å². The first-order chi connectivity index (χ1) is 22.7. The van der Waals surface area contributed by atoms with E-state index in [9.17, 15) is 24.2 Å². The minimum absolute atomic E-state index is 0.191. The number of carbonyl (C=O) groups is 2. The third-order valence-corrected chi connectivity index (χ3v) is 9.21. The molecule has 0 aromatic heterocycles. The number of phosphoric acid groups is 1. The molecule has 0 saturated carbocycles. The third kappa shape index (κ3) is 33.3. The normalized spacial score (nSPS) is 14.1. The quantitative estimate of drug-likeness (QED) is 0.0329. The average molecular weight is 695 g/mol. The van der Waals surface area contributed by atoms with Crippen LogP contribution in [0.4, 0.5) is 0 Å². The number of aliphatic hydroxyl groups is 2. The molecule has 0 aliphatic rings. The number of hydrogen-bond acceptors (Lipinski definition) is 9. The van der Waals surface area contributed by atoms with Gasteiger partial charge in [-0.15, -0.1) is 0 Å². The van der Waals surface area contributed by atoms with Crippen LogP contribution in [0.2, 0.25) is 0 Å². The summed E-state index contributed by atoms with van der Waals surface area (Å²) >= 11 is 0. The zero-order chi connectivity index (χ0) is 34.9. The van der Waals surface area contributed by atoms with Gasteiger partial charge >= 0.3 is 19.8 Å². The Labute approximate surface area is 286 Å². The molecule has 0 rings (SSSR count). The average Bonchev–Trinajstić information content (AvgIpc) is 3.05. The molecule has 0 radical (unpaired) electrons. The lowest BCUT2D eigenvalue weighted by Crippen LogP contribution is -2.29. The van der Waals surface area contributed by atoms with E-state index in [1.165, 1.54) is 103 Å². The molecule has 0 bridgehead atoms. The highest BCUT2D eigenvalue weighted by Crippen LogP contribution is 2.43. The molecule has 3 atom stereocenters. The fraction of sp³-hybridized carbons (Fsp3) is 0.944. The highest BCUT2D eigenvalue weighted by Gasteiger charge is 2.27. The molecule has 0 aromatic rings. The first-order valence-corrected chi connectivity index (χ1v) is 20.5. The van der Waals surface area contributed by atoms with E-state index in [4.69, 9.17) is 19.1 Å². The highest BCUT2D eigenvalue weighted by atomic mass is 31.2. The number of aliphatic hydroxyl groups excluding tert-OH is 2.